The van der Waals surface area contributed by atoms with Crippen molar-refractivity contribution in [3.8, 4) is 23.0 Å². The third-order valence-corrected chi connectivity index (χ3v) is 10.3. The van der Waals surface area contributed by atoms with E-state index in [1.165, 1.54) is 12.1 Å². The minimum Gasteiger partial charge on any atom is -0.370 e. The van der Waals surface area contributed by atoms with Crippen LogP contribution in [0.1, 0.15) is 37.8 Å². The standard InChI is InChI=1S/C29H33F2N7O2S/c1-19(16-32)35-29(39)25-15-21(30)5-9-24(25)28-26(18-38(36-28)27-10-6-22(31)17-34-27)20-3-7-23(8-4-20)37-11-13-41(40,33-2)14-12-37/h3-4,6-8,10,17-19,21,24-25H,5,9,11-15H2,1-2H3,(H,35,39)/t19-,21-,24+,25+/m0/s1. The van der Waals surface area contributed by atoms with E-state index in [1.54, 1.807) is 24.9 Å². The third-order valence-electron chi connectivity index (χ3n) is 7.95. The van der Waals surface area contributed by atoms with E-state index in [0.717, 1.165) is 23.0 Å². The van der Waals surface area contributed by atoms with Crippen molar-refractivity contribution in [2.75, 3.05) is 36.5 Å². The van der Waals surface area contributed by atoms with Crippen molar-refractivity contribution in [2.24, 2.45) is 10.3 Å². The molecule has 1 saturated heterocycles. The Balaban J connectivity index is 1.51. The molecule has 41 heavy (non-hydrogen) atoms. The van der Waals surface area contributed by atoms with Gasteiger partial charge in [0.1, 0.15) is 18.0 Å². The van der Waals surface area contributed by atoms with E-state index >= 15 is 0 Å². The Kier molecular flexibility index (Phi) is 8.35. The van der Waals surface area contributed by atoms with Crippen LogP contribution in [0.25, 0.3) is 16.9 Å². The second kappa shape index (κ2) is 11.9. The van der Waals surface area contributed by atoms with Gasteiger partial charge in [0.25, 0.3) is 0 Å². The van der Waals surface area contributed by atoms with Crippen LogP contribution in [-0.2, 0) is 14.5 Å². The molecule has 1 amide bonds. The van der Waals surface area contributed by atoms with E-state index in [4.69, 9.17) is 5.10 Å². The average Bonchev–Trinajstić information content (AvgIpc) is 3.43. The maximum Gasteiger partial charge on any atom is 0.224 e. The quantitative estimate of drug-likeness (QED) is 0.466. The predicted octanol–water partition coefficient (Wildman–Crippen LogP) is 4.24. The highest BCUT2D eigenvalue weighted by Crippen LogP contribution is 2.43. The van der Waals surface area contributed by atoms with E-state index in [9.17, 15) is 23.0 Å². The van der Waals surface area contributed by atoms with Gasteiger partial charge in [-0.2, -0.15) is 10.4 Å². The second-order valence-electron chi connectivity index (χ2n) is 10.6. The summed E-state index contributed by atoms with van der Waals surface area (Å²) in [4.78, 5) is 19.5. The van der Waals surface area contributed by atoms with Crippen LogP contribution in [-0.4, -0.2) is 68.7 Å². The molecule has 5 rings (SSSR count). The number of alkyl halides is 1. The Hall–Kier alpha value is -3.85. The maximum atomic E-state index is 14.6. The van der Waals surface area contributed by atoms with Crippen molar-refractivity contribution in [3.05, 3.63) is 60.3 Å². The number of aromatic nitrogens is 3. The van der Waals surface area contributed by atoms with Gasteiger partial charge in [0.05, 0.1) is 18.0 Å². The highest BCUT2D eigenvalue weighted by molar-refractivity contribution is 7.93. The molecular formula is C29H33F2N7O2S. The first-order valence-corrected chi connectivity index (χ1v) is 15.6. The summed E-state index contributed by atoms with van der Waals surface area (Å²) in [6.07, 6.45) is 2.54. The van der Waals surface area contributed by atoms with E-state index in [0.29, 0.717) is 48.9 Å². The molecule has 12 heteroatoms. The van der Waals surface area contributed by atoms with Crippen LogP contribution in [0.3, 0.4) is 0 Å². The minimum atomic E-state index is -2.12. The van der Waals surface area contributed by atoms with Gasteiger partial charge in [-0.1, -0.05) is 12.1 Å². The van der Waals surface area contributed by atoms with Crippen molar-refractivity contribution >= 4 is 21.3 Å². The minimum absolute atomic E-state index is 0.0386. The van der Waals surface area contributed by atoms with Crippen LogP contribution in [0, 0.1) is 23.1 Å². The SMILES string of the molecule is CN=S1(=O)CCN(c2ccc(-c3cn(-c4ccc(F)cn4)nc3[C@@H]3CC[C@H](F)C[C@H]3C(=O)N[C@@H](C)C#N)cc2)CC1. The normalized spacial score (nSPS) is 22.9. The van der Waals surface area contributed by atoms with Crippen LogP contribution in [0.15, 0.2) is 53.2 Å². The first kappa shape index (κ1) is 28.7. The number of halogens is 2. The topological polar surface area (TPSA) is 116 Å². The molecule has 1 N–H and O–H groups in total. The number of carbonyl (C=O) groups excluding carboxylic acids is 1. The number of anilines is 1. The van der Waals surface area contributed by atoms with Gasteiger partial charge in [-0.3, -0.25) is 4.79 Å². The van der Waals surface area contributed by atoms with Crippen molar-refractivity contribution in [1.82, 2.24) is 20.1 Å². The molecule has 2 aromatic heterocycles. The monoisotopic (exact) mass is 581 g/mol. The highest BCUT2D eigenvalue weighted by atomic mass is 32.2. The molecule has 3 heterocycles. The fraction of sp³-hybridized carbons (Fsp3) is 0.448. The fourth-order valence-electron chi connectivity index (χ4n) is 5.61. The Bertz CT molecular complexity index is 1550. The smallest absolute Gasteiger partial charge is 0.224 e. The van der Waals surface area contributed by atoms with E-state index in [-0.39, 0.29) is 12.3 Å². The maximum absolute atomic E-state index is 14.6. The van der Waals surface area contributed by atoms with Gasteiger partial charge in [-0.25, -0.2) is 27.0 Å². The van der Waals surface area contributed by atoms with Crippen molar-refractivity contribution < 1.29 is 17.8 Å². The molecule has 1 aliphatic heterocycles. The van der Waals surface area contributed by atoms with Crippen LogP contribution in [0.5, 0.6) is 0 Å². The zero-order chi connectivity index (χ0) is 29.1. The lowest BCUT2D eigenvalue weighted by Crippen LogP contribution is -2.41. The summed E-state index contributed by atoms with van der Waals surface area (Å²) < 4.78 is 46.4. The molecule has 2 aliphatic rings. The summed E-state index contributed by atoms with van der Waals surface area (Å²) >= 11 is 0. The number of rotatable bonds is 6. The number of amides is 1. The molecule has 2 fully saturated rings. The molecular weight excluding hydrogens is 548 g/mol. The Morgan fingerprint density at radius 2 is 1.93 bits per heavy atom. The molecule has 4 atom stereocenters. The molecule has 0 bridgehead atoms. The Morgan fingerprint density at radius 3 is 2.56 bits per heavy atom. The number of benzene rings is 1. The number of carbonyl (C=O) groups is 1. The van der Waals surface area contributed by atoms with Gasteiger partial charge < -0.3 is 10.2 Å². The van der Waals surface area contributed by atoms with E-state index < -0.39 is 39.6 Å². The third kappa shape index (κ3) is 6.25. The number of hydrogen-bond acceptors (Lipinski definition) is 7. The first-order valence-electron chi connectivity index (χ1n) is 13.7. The summed E-state index contributed by atoms with van der Waals surface area (Å²) in [5.41, 5.74) is 3.25. The van der Waals surface area contributed by atoms with Gasteiger partial charge in [-0.05, 0) is 56.0 Å². The fourth-order valence-corrected chi connectivity index (χ4v) is 7.19. The molecule has 9 nitrogen and oxygen atoms in total. The van der Waals surface area contributed by atoms with Gasteiger partial charge in [-0.15, -0.1) is 0 Å². The second-order valence-corrected chi connectivity index (χ2v) is 13.3. The predicted molar refractivity (Wildman–Crippen MR) is 153 cm³/mol. The molecule has 0 radical (unpaired) electrons. The molecule has 0 spiro atoms. The largest absolute Gasteiger partial charge is 0.370 e. The zero-order valence-electron chi connectivity index (χ0n) is 23.0. The summed E-state index contributed by atoms with van der Waals surface area (Å²) in [5.74, 6) is -0.477. The van der Waals surface area contributed by atoms with Crippen LogP contribution in [0.2, 0.25) is 0 Å². The number of nitrogens with zero attached hydrogens (tertiary/aromatic N) is 6. The molecule has 1 saturated carbocycles. The number of pyridine rings is 1. The molecule has 0 unspecified atom stereocenters. The lowest BCUT2D eigenvalue weighted by atomic mass is 9.74. The summed E-state index contributed by atoms with van der Waals surface area (Å²) in [6, 6.07) is 12.1. The van der Waals surface area contributed by atoms with Gasteiger partial charge in [0.15, 0.2) is 5.82 Å². The van der Waals surface area contributed by atoms with E-state index in [2.05, 4.69) is 19.6 Å². The van der Waals surface area contributed by atoms with Gasteiger partial charge >= 0.3 is 0 Å². The molecule has 3 aromatic rings. The Morgan fingerprint density at radius 1 is 1.20 bits per heavy atom. The summed E-state index contributed by atoms with van der Waals surface area (Å²) in [7, 11) is -0.509. The van der Waals surface area contributed by atoms with Crippen molar-refractivity contribution in [1.29, 1.82) is 5.26 Å². The van der Waals surface area contributed by atoms with Gasteiger partial charge in [0.2, 0.25) is 5.91 Å². The summed E-state index contributed by atoms with van der Waals surface area (Å²) in [6.45, 7) is 2.89. The van der Waals surface area contributed by atoms with E-state index in [1.807, 2.05) is 30.3 Å². The number of hydrogen-bond donors (Lipinski definition) is 1. The molecule has 1 aromatic carbocycles. The Labute approximate surface area is 238 Å². The lowest BCUT2D eigenvalue weighted by Gasteiger charge is -2.32. The molecule has 216 valence electrons. The average molecular weight is 582 g/mol. The van der Waals surface area contributed by atoms with Crippen LogP contribution >= 0.6 is 0 Å². The lowest BCUT2D eigenvalue weighted by molar-refractivity contribution is -0.127. The van der Waals surface area contributed by atoms with Crippen LogP contribution < -0.4 is 10.2 Å². The van der Waals surface area contributed by atoms with Crippen molar-refractivity contribution in [3.63, 3.8) is 0 Å². The summed E-state index contributed by atoms with van der Waals surface area (Å²) in [5, 5.41) is 16.7. The number of nitriles is 1. The zero-order valence-corrected chi connectivity index (χ0v) is 23.9. The first-order chi connectivity index (χ1) is 19.7. The number of nitrogens with one attached hydrogen (secondary N) is 1. The van der Waals surface area contributed by atoms with Crippen molar-refractivity contribution in [2.45, 2.75) is 44.3 Å². The van der Waals surface area contributed by atoms with Gasteiger partial charge in [0, 0.05) is 70.7 Å². The highest BCUT2D eigenvalue weighted by Gasteiger charge is 2.39. The molecule has 1 aliphatic carbocycles. The van der Waals surface area contributed by atoms with Crippen LogP contribution in [0.4, 0.5) is 14.5 Å².